The highest BCUT2D eigenvalue weighted by Gasteiger charge is 2.26. The molecule has 0 saturated heterocycles. The standard InChI is InChI=1S/C18H18Cl2N4O2/c1-4-13(18(25)26-3)24-14(5-2)23-16-15(21-9-22-17(16)24)11-7-6-10(19)8-12(11)20/h6-9,13H,4-5H2,1-3H3. The zero-order valence-corrected chi connectivity index (χ0v) is 16.2. The van der Waals surface area contributed by atoms with Gasteiger partial charge < -0.3 is 4.74 Å². The fourth-order valence-electron chi connectivity index (χ4n) is 3.00. The number of carbonyl (C=O) groups excluding carboxylic acids is 1. The number of benzene rings is 1. The summed E-state index contributed by atoms with van der Waals surface area (Å²) >= 11 is 12.4. The molecule has 0 aliphatic heterocycles. The van der Waals surface area contributed by atoms with E-state index in [0.29, 0.717) is 45.3 Å². The third-order valence-electron chi connectivity index (χ3n) is 4.22. The molecule has 3 aromatic rings. The SMILES string of the molecule is CCc1nc2c(-c3ccc(Cl)cc3Cl)ncnc2n1C(CC)C(=O)OC. The van der Waals surface area contributed by atoms with Gasteiger partial charge in [0.25, 0.3) is 0 Å². The largest absolute Gasteiger partial charge is 0.467 e. The number of aryl methyl sites for hydroxylation is 1. The Kier molecular flexibility index (Phi) is 5.44. The van der Waals surface area contributed by atoms with Gasteiger partial charge in [0.15, 0.2) is 5.65 Å². The minimum atomic E-state index is -0.497. The summed E-state index contributed by atoms with van der Waals surface area (Å²) in [7, 11) is 1.38. The van der Waals surface area contributed by atoms with Crippen molar-refractivity contribution >= 4 is 40.3 Å². The first-order valence-electron chi connectivity index (χ1n) is 8.26. The van der Waals surface area contributed by atoms with E-state index in [1.165, 1.54) is 13.4 Å². The Morgan fingerprint density at radius 3 is 2.65 bits per heavy atom. The summed E-state index contributed by atoms with van der Waals surface area (Å²) in [6.07, 6.45) is 2.65. The lowest BCUT2D eigenvalue weighted by atomic mass is 10.1. The fraction of sp³-hybridized carbons (Fsp3) is 0.333. The molecule has 0 saturated carbocycles. The number of carbonyl (C=O) groups is 1. The van der Waals surface area contributed by atoms with Gasteiger partial charge in [-0.2, -0.15) is 0 Å². The second kappa shape index (κ2) is 7.60. The molecular weight excluding hydrogens is 375 g/mol. The molecule has 0 bridgehead atoms. The van der Waals surface area contributed by atoms with Crippen molar-refractivity contribution in [1.29, 1.82) is 0 Å². The van der Waals surface area contributed by atoms with Crippen LogP contribution in [-0.4, -0.2) is 32.6 Å². The van der Waals surface area contributed by atoms with Gasteiger partial charge in [-0.25, -0.2) is 19.7 Å². The molecule has 26 heavy (non-hydrogen) atoms. The van der Waals surface area contributed by atoms with E-state index in [1.807, 2.05) is 18.4 Å². The number of nitrogens with zero attached hydrogens (tertiary/aromatic N) is 4. The monoisotopic (exact) mass is 392 g/mol. The summed E-state index contributed by atoms with van der Waals surface area (Å²) in [5.41, 5.74) is 2.48. The van der Waals surface area contributed by atoms with E-state index in [9.17, 15) is 4.79 Å². The van der Waals surface area contributed by atoms with Crippen LogP contribution in [0.3, 0.4) is 0 Å². The topological polar surface area (TPSA) is 69.9 Å². The van der Waals surface area contributed by atoms with Crippen LogP contribution in [0.2, 0.25) is 10.0 Å². The molecule has 1 atom stereocenters. The lowest BCUT2D eigenvalue weighted by Crippen LogP contribution is -2.22. The Labute approximate surface area is 161 Å². The van der Waals surface area contributed by atoms with Crippen molar-refractivity contribution < 1.29 is 9.53 Å². The highest BCUT2D eigenvalue weighted by atomic mass is 35.5. The minimum absolute atomic E-state index is 0.328. The van der Waals surface area contributed by atoms with E-state index in [0.717, 1.165) is 5.82 Å². The van der Waals surface area contributed by atoms with E-state index in [2.05, 4.69) is 9.97 Å². The molecule has 2 aromatic heterocycles. The number of methoxy groups -OCH3 is 1. The summed E-state index contributed by atoms with van der Waals surface area (Å²) in [5.74, 6) is 0.412. The number of fused-ring (bicyclic) bond motifs is 1. The van der Waals surface area contributed by atoms with Crippen LogP contribution < -0.4 is 0 Å². The molecule has 0 aliphatic carbocycles. The third-order valence-corrected chi connectivity index (χ3v) is 4.77. The number of ether oxygens (including phenoxy) is 1. The predicted molar refractivity (Wildman–Crippen MR) is 102 cm³/mol. The molecular formula is C18H18Cl2N4O2. The molecule has 0 amide bonds. The van der Waals surface area contributed by atoms with Crippen LogP contribution in [0.1, 0.15) is 32.1 Å². The lowest BCUT2D eigenvalue weighted by Gasteiger charge is -2.17. The average Bonchev–Trinajstić information content (AvgIpc) is 3.01. The van der Waals surface area contributed by atoms with Crippen molar-refractivity contribution in [3.05, 3.63) is 40.4 Å². The summed E-state index contributed by atoms with van der Waals surface area (Å²) < 4.78 is 6.79. The van der Waals surface area contributed by atoms with Crippen molar-refractivity contribution in [3.63, 3.8) is 0 Å². The van der Waals surface area contributed by atoms with Gasteiger partial charge in [-0.05, 0) is 24.6 Å². The smallest absolute Gasteiger partial charge is 0.328 e. The predicted octanol–water partition coefficient (Wildman–Crippen LogP) is 4.49. The summed E-state index contributed by atoms with van der Waals surface area (Å²) in [6.45, 7) is 3.90. The lowest BCUT2D eigenvalue weighted by molar-refractivity contribution is -0.144. The highest BCUT2D eigenvalue weighted by molar-refractivity contribution is 6.36. The second-order valence-electron chi connectivity index (χ2n) is 5.72. The summed E-state index contributed by atoms with van der Waals surface area (Å²) in [5, 5.41) is 1.02. The van der Waals surface area contributed by atoms with Crippen molar-refractivity contribution in [3.8, 4) is 11.3 Å². The molecule has 0 fully saturated rings. The first kappa shape index (κ1) is 18.6. The van der Waals surface area contributed by atoms with Crippen molar-refractivity contribution in [1.82, 2.24) is 19.5 Å². The molecule has 1 unspecified atom stereocenters. The van der Waals surface area contributed by atoms with E-state index in [4.69, 9.17) is 32.9 Å². The number of hydrogen-bond donors (Lipinski definition) is 0. The second-order valence-corrected chi connectivity index (χ2v) is 6.56. The Bertz CT molecular complexity index is 971. The van der Waals surface area contributed by atoms with Gasteiger partial charge >= 0.3 is 5.97 Å². The maximum Gasteiger partial charge on any atom is 0.328 e. The van der Waals surface area contributed by atoms with Gasteiger partial charge in [0, 0.05) is 17.0 Å². The maximum atomic E-state index is 12.2. The van der Waals surface area contributed by atoms with Gasteiger partial charge in [-0.15, -0.1) is 0 Å². The van der Waals surface area contributed by atoms with Crippen LogP contribution in [0.25, 0.3) is 22.4 Å². The van der Waals surface area contributed by atoms with Gasteiger partial charge in [0.1, 0.15) is 29.4 Å². The Hall–Kier alpha value is -2.18. The van der Waals surface area contributed by atoms with Crippen LogP contribution in [0.4, 0.5) is 0 Å². The van der Waals surface area contributed by atoms with Gasteiger partial charge in [-0.1, -0.05) is 37.0 Å². The molecule has 6 nitrogen and oxygen atoms in total. The van der Waals surface area contributed by atoms with Gasteiger partial charge in [0.2, 0.25) is 0 Å². The van der Waals surface area contributed by atoms with E-state index in [1.54, 1.807) is 18.2 Å². The molecule has 0 radical (unpaired) electrons. The molecule has 0 spiro atoms. The number of rotatable bonds is 5. The highest BCUT2D eigenvalue weighted by Crippen LogP contribution is 2.34. The van der Waals surface area contributed by atoms with Crippen molar-refractivity contribution in [2.24, 2.45) is 0 Å². The van der Waals surface area contributed by atoms with Crippen LogP contribution >= 0.6 is 23.2 Å². The molecule has 136 valence electrons. The van der Waals surface area contributed by atoms with E-state index >= 15 is 0 Å². The normalized spacial score (nSPS) is 12.3. The zero-order valence-electron chi connectivity index (χ0n) is 14.7. The van der Waals surface area contributed by atoms with Crippen molar-refractivity contribution in [2.75, 3.05) is 7.11 Å². The van der Waals surface area contributed by atoms with Gasteiger partial charge in [-0.3, -0.25) is 4.57 Å². The molecule has 8 heteroatoms. The molecule has 1 aromatic carbocycles. The zero-order chi connectivity index (χ0) is 18.8. The fourth-order valence-corrected chi connectivity index (χ4v) is 3.50. The number of hydrogen-bond acceptors (Lipinski definition) is 5. The number of aromatic nitrogens is 4. The average molecular weight is 393 g/mol. The molecule has 2 heterocycles. The minimum Gasteiger partial charge on any atom is -0.467 e. The number of halogens is 2. The summed E-state index contributed by atoms with van der Waals surface area (Å²) in [4.78, 5) is 25.7. The molecule has 0 N–H and O–H groups in total. The Morgan fingerprint density at radius 1 is 1.27 bits per heavy atom. The number of imidazole rings is 1. The van der Waals surface area contributed by atoms with Crippen LogP contribution in [0, 0.1) is 0 Å². The first-order chi connectivity index (χ1) is 12.5. The maximum absolute atomic E-state index is 12.2. The molecule has 3 rings (SSSR count). The van der Waals surface area contributed by atoms with Crippen LogP contribution in [0.5, 0.6) is 0 Å². The Balaban J connectivity index is 2.28. The van der Waals surface area contributed by atoms with E-state index < -0.39 is 6.04 Å². The third kappa shape index (κ3) is 3.15. The van der Waals surface area contributed by atoms with Crippen LogP contribution in [-0.2, 0) is 16.0 Å². The summed E-state index contributed by atoms with van der Waals surface area (Å²) in [6, 6.07) is 4.71. The first-order valence-corrected chi connectivity index (χ1v) is 9.02. The quantitative estimate of drug-likeness (QED) is 0.598. The molecule has 0 aliphatic rings. The van der Waals surface area contributed by atoms with Gasteiger partial charge in [0.05, 0.1) is 12.1 Å². The number of esters is 1. The van der Waals surface area contributed by atoms with Crippen molar-refractivity contribution in [2.45, 2.75) is 32.7 Å². The van der Waals surface area contributed by atoms with Crippen LogP contribution in [0.15, 0.2) is 24.5 Å². The Morgan fingerprint density at radius 2 is 2.04 bits per heavy atom. The van der Waals surface area contributed by atoms with E-state index in [-0.39, 0.29) is 5.97 Å².